The Hall–Kier alpha value is -3.35. The summed E-state index contributed by atoms with van der Waals surface area (Å²) in [6.45, 7) is 1.92. The van der Waals surface area contributed by atoms with Crippen molar-refractivity contribution in [3.63, 3.8) is 0 Å². The number of nitrogens with one attached hydrogen (secondary N) is 1. The largest absolute Gasteiger partial charge is 0.493 e. The zero-order chi connectivity index (χ0) is 17.8. The van der Waals surface area contributed by atoms with Crippen molar-refractivity contribution in [3.05, 3.63) is 48.2 Å². The van der Waals surface area contributed by atoms with Crippen molar-refractivity contribution in [1.82, 2.24) is 9.97 Å². The highest BCUT2D eigenvalue weighted by Gasteiger charge is 2.07. The van der Waals surface area contributed by atoms with Crippen molar-refractivity contribution in [2.45, 2.75) is 6.92 Å². The van der Waals surface area contributed by atoms with Crippen molar-refractivity contribution < 1.29 is 9.47 Å². The van der Waals surface area contributed by atoms with Crippen LogP contribution < -0.4 is 20.5 Å². The number of anilines is 1. The van der Waals surface area contributed by atoms with E-state index in [2.05, 4.69) is 20.3 Å². The van der Waals surface area contributed by atoms with Crippen LogP contribution in [0.4, 0.5) is 11.6 Å². The van der Waals surface area contributed by atoms with Crippen LogP contribution in [-0.2, 0) is 0 Å². The van der Waals surface area contributed by atoms with Gasteiger partial charge in [0, 0.05) is 17.1 Å². The van der Waals surface area contributed by atoms with Gasteiger partial charge in [-0.2, -0.15) is 4.99 Å². The molecule has 25 heavy (non-hydrogen) atoms. The average molecular weight is 337 g/mol. The van der Waals surface area contributed by atoms with Gasteiger partial charge in [-0.1, -0.05) is 18.2 Å². The third-order valence-corrected chi connectivity index (χ3v) is 3.66. The van der Waals surface area contributed by atoms with E-state index in [1.165, 1.54) is 0 Å². The topological polar surface area (TPSA) is 94.7 Å². The number of rotatable bonds is 4. The lowest BCUT2D eigenvalue weighted by molar-refractivity contribution is 0.355. The predicted molar refractivity (Wildman–Crippen MR) is 98.7 cm³/mol. The van der Waals surface area contributed by atoms with E-state index in [-0.39, 0.29) is 5.96 Å². The van der Waals surface area contributed by atoms with Crippen LogP contribution >= 0.6 is 0 Å². The van der Waals surface area contributed by atoms with E-state index in [0.29, 0.717) is 17.4 Å². The Morgan fingerprint density at radius 1 is 1.04 bits per heavy atom. The summed E-state index contributed by atoms with van der Waals surface area (Å²) < 4.78 is 10.5. The molecule has 0 fully saturated rings. The first-order valence-electron chi connectivity index (χ1n) is 7.67. The molecule has 7 nitrogen and oxygen atoms in total. The molecule has 0 saturated carbocycles. The fourth-order valence-electron chi connectivity index (χ4n) is 2.47. The van der Waals surface area contributed by atoms with E-state index in [1.54, 1.807) is 26.4 Å². The van der Waals surface area contributed by atoms with Gasteiger partial charge in [0.05, 0.1) is 25.4 Å². The van der Waals surface area contributed by atoms with Gasteiger partial charge < -0.3 is 20.5 Å². The van der Waals surface area contributed by atoms with Crippen LogP contribution in [0, 0.1) is 6.92 Å². The van der Waals surface area contributed by atoms with Gasteiger partial charge >= 0.3 is 0 Å². The molecule has 0 unspecified atom stereocenters. The highest BCUT2D eigenvalue weighted by molar-refractivity contribution is 5.94. The normalized spacial score (nSPS) is 11.4. The first-order valence-corrected chi connectivity index (χ1v) is 7.67. The quantitative estimate of drug-likeness (QED) is 0.561. The van der Waals surface area contributed by atoms with Crippen LogP contribution in [-0.4, -0.2) is 30.1 Å². The molecular weight excluding hydrogens is 318 g/mol. The number of aryl methyl sites for hydroxylation is 1. The maximum Gasteiger partial charge on any atom is 0.253 e. The van der Waals surface area contributed by atoms with Crippen molar-refractivity contribution in [3.8, 4) is 11.5 Å². The number of methoxy groups -OCH3 is 2. The molecule has 0 amide bonds. The number of nitrogens with zero attached hydrogens (tertiary/aromatic N) is 3. The highest BCUT2D eigenvalue weighted by Crippen LogP contribution is 2.29. The second-order valence-corrected chi connectivity index (χ2v) is 5.32. The molecule has 7 heteroatoms. The molecule has 3 aromatic rings. The molecule has 0 aliphatic rings. The maximum absolute atomic E-state index is 5.98. The predicted octanol–water partition coefficient (Wildman–Crippen LogP) is 3.01. The fraction of sp³-hybridized carbons (Fsp3) is 0.167. The number of fused-ring (bicyclic) bond motifs is 1. The summed E-state index contributed by atoms with van der Waals surface area (Å²) in [4.78, 5) is 13.0. The highest BCUT2D eigenvalue weighted by atomic mass is 16.5. The molecule has 128 valence electrons. The fourth-order valence-corrected chi connectivity index (χ4v) is 2.47. The van der Waals surface area contributed by atoms with Crippen LogP contribution in [0.1, 0.15) is 5.69 Å². The average Bonchev–Trinajstić information content (AvgIpc) is 2.61. The maximum atomic E-state index is 5.98. The molecular formula is C18H19N5O2. The molecule has 2 aromatic carbocycles. The van der Waals surface area contributed by atoms with Crippen LogP contribution in [0.2, 0.25) is 0 Å². The summed E-state index contributed by atoms with van der Waals surface area (Å²) in [5, 5.41) is 3.99. The van der Waals surface area contributed by atoms with Crippen LogP contribution in [0.3, 0.4) is 0 Å². The zero-order valence-electron chi connectivity index (χ0n) is 14.3. The van der Waals surface area contributed by atoms with Crippen LogP contribution in [0.25, 0.3) is 10.9 Å². The lowest BCUT2D eigenvalue weighted by atomic mass is 10.2. The van der Waals surface area contributed by atoms with Crippen molar-refractivity contribution >= 4 is 28.5 Å². The van der Waals surface area contributed by atoms with E-state index < -0.39 is 0 Å². The molecule has 0 saturated heterocycles. The van der Waals surface area contributed by atoms with E-state index in [0.717, 1.165) is 22.3 Å². The van der Waals surface area contributed by atoms with Gasteiger partial charge in [-0.15, -0.1) is 0 Å². The summed E-state index contributed by atoms with van der Waals surface area (Å²) >= 11 is 0. The third kappa shape index (κ3) is 3.60. The summed E-state index contributed by atoms with van der Waals surface area (Å²) in [7, 11) is 3.16. The minimum absolute atomic E-state index is 0.182. The molecule has 1 heterocycles. The number of guanidine groups is 1. The molecule has 3 N–H and O–H groups in total. The van der Waals surface area contributed by atoms with Gasteiger partial charge in [0.15, 0.2) is 11.5 Å². The van der Waals surface area contributed by atoms with Crippen LogP contribution in [0.5, 0.6) is 11.5 Å². The molecule has 0 radical (unpaired) electrons. The standard InChI is InChI=1S/C18H19N5O2/c1-11-13-6-4-5-7-14(13)22-18(20-11)23-17(19)21-12-8-9-15(24-2)16(10-12)25-3/h4-10H,1-3H3,(H3,19,20,21,22,23). The van der Waals surface area contributed by atoms with Crippen molar-refractivity contribution in [2.75, 3.05) is 19.5 Å². The summed E-state index contributed by atoms with van der Waals surface area (Å²) in [6, 6.07) is 13.1. The number of ether oxygens (including phenoxy) is 2. The van der Waals surface area contributed by atoms with Gasteiger partial charge in [0.25, 0.3) is 5.95 Å². The lowest BCUT2D eigenvalue weighted by Crippen LogP contribution is -2.22. The number of nitrogens with two attached hydrogens (primary N) is 1. The van der Waals surface area contributed by atoms with Gasteiger partial charge in [-0.05, 0) is 25.1 Å². The van der Waals surface area contributed by atoms with E-state index in [4.69, 9.17) is 15.2 Å². The van der Waals surface area contributed by atoms with Crippen molar-refractivity contribution in [2.24, 2.45) is 10.7 Å². The van der Waals surface area contributed by atoms with Crippen molar-refractivity contribution in [1.29, 1.82) is 0 Å². The molecule has 1 aromatic heterocycles. The third-order valence-electron chi connectivity index (χ3n) is 3.66. The second-order valence-electron chi connectivity index (χ2n) is 5.32. The first kappa shape index (κ1) is 16.5. The SMILES string of the molecule is COc1ccc(NC(N)=Nc2nc(C)c3ccccc3n2)cc1OC. The Kier molecular flexibility index (Phi) is 4.65. The van der Waals surface area contributed by atoms with Gasteiger partial charge in [-0.25, -0.2) is 9.97 Å². The van der Waals surface area contributed by atoms with Gasteiger partial charge in [-0.3, -0.25) is 0 Å². The molecule has 0 aliphatic heterocycles. The number of para-hydroxylation sites is 1. The number of aliphatic imine (C=N–C) groups is 1. The Morgan fingerprint density at radius 3 is 2.56 bits per heavy atom. The minimum Gasteiger partial charge on any atom is -0.493 e. The molecule has 0 atom stereocenters. The molecule has 3 rings (SSSR count). The summed E-state index contributed by atoms with van der Waals surface area (Å²) in [5.74, 6) is 1.72. The Bertz CT molecular complexity index is 940. The van der Waals surface area contributed by atoms with Gasteiger partial charge in [0.2, 0.25) is 5.96 Å². The summed E-state index contributed by atoms with van der Waals surface area (Å²) in [5.41, 5.74) is 8.38. The molecule has 0 bridgehead atoms. The lowest BCUT2D eigenvalue weighted by Gasteiger charge is -2.10. The Labute approximate surface area is 145 Å². The van der Waals surface area contributed by atoms with E-state index in [9.17, 15) is 0 Å². The van der Waals surface area contributed by atoms with Gasteiger partial charge in [0.1, 0.15) is 0 Å². The minimum atomic E-state index is 0.182. The van der Waals surface area contributed by atoms with E-state index >= 15 is 0 Å². The molecule has 0 spiro atoms. The number of benzene rings is 2. The number of hydrogen-bond acceptors (Lipinski definition) is 5. The Balaban J connectivity index is 1.87. The molecule has 0 aliphatic carbocycles. The number of aromatic nitrogens is 2. The first-order chi connectivity index (χ1) is 12.1. The monoisotopic (exact) mass is 337 g/mol. The summed E-state index contributed by atoms with van der Waals surface area (Å²) in [6.07, 6.45) is 0. The Morgan fingerprint density at radius 2 is 1.80 bits per heavy atom. The van der Waals surface area contributed by atoms with E-state index in [1.807, 2.05) is 37.3 Å². The number of hydrogen-bond donors (Lipinski definition) is 2. The zero-order valence-corrected chi connectivity index (χ0v) is 14.3. The smallest absolute Gasteiger partial charge is 0.253 e. The van der Waals surface area contributed by atoms with Crippen LogP contribution in [0.15, 0.2) is 47.5 Å². The second kappa shape index (κ2) is 7.04.